The third-order valence-electron chi connectivity index (χ3n) is 3.40. The molecule has 1 heterocycles. The first kappa shape index (κ1) is 17.5. The van der Waals surface area contributed by atoms with Crippen molar-refractivity contribution < 1.29 is 4.74 Å². The highest BCUT2D eigenvalue weighted by molar-refractivity contribution is 6.30. The maximum atomic E-state index is 5.97. The quantitative estimate of drug-likeness (QED) is 0.674. The number of halogens is 2. The number of imidazole rings is 1. The lowest BCUT2D eigenvalue weighted by Crippen LogP contribution is -1.94. The van der Waals surface area contributed by atoms with Crippen molar-refractivity contribution in [2.45, 2.75) is 13.5 Å². The fourth-order valence-electron chi connectivity index (χ4n) is 2.30. The summed E-state index contributed by atoms with van der Waals surface area (Å²) >= 11 is 5.97. The minimum Gasteiger partial charge on any atom is -0.375 e. The third kappa shape index (κ3) is 4.14. The monoisotopic (exact) mass is 348 g/mol. The van der Waals surface area contributed by atoms with Crippen molar-refractivity contribution in [3.05, 3.63) is 65.3 Å². The fourth-order valence-corrected chi connectivity index (χ4v) is 2.43. The zero-order chi connectivity index (χ0) is 15.4. The van der Waals surface area contributed by atoms with Gasteiger partial charge in [-0.3, -0.25) is 0 Å². The molecule has 3 nitrogen and oxygen atoms in total. The molecule has 0 unspecified atom stereocenters. The molecule has 2 aromatic carbocycles. The molecule has 1 aromatic heterocycles. The van der Waals surface area contributed by atoms with Crippen molar-refractivity contribution in [3.8, 4) is 22.6 Å². The molecule has 0 saturated carbocycles. The van der Waals surface area contributed by atoms with Crippen LogP contribution in [-0.4, -0.2) is 16.6 Å². The van der Waals surface area contributed by atoms with Crippen LogP contribution in [0.4, 0.5) is 0 Å². The molecule has 0 aliphatic carbocycles. The van der Waals surface area contributed by atoms with Crippen LogP contribution in [-0.2, 0) is 11.3 Å². The highest BCUT2D eigenvalue weighted by Crippen LogP contribution is 2.27. The van der Waals surface area contributed by atoms with Crippen LogP contribution in [0.5, 0.6) is 0 Å². The number of aromatic amines is 1. The predicted octanol–water partition coefficient (Wildman–Crippen LogP) is 5.36. The summed E-state index contributed by atoms with van der Waals surface area (Å²) in [6.07, 6.45) is 0. The van der Waals surface area contributed by atoms with Gasteiger partial charge in [-0.25, -0.2) is 4.98 Å². The van der Waals surface area contributed by atoms with Gasteiger partial charge in [-0.2, -0.15) is 0 Å². The Balaban J connectivity index is 0.00000192. The first-order valence-electron chi connectivity index (χ1n) is 7.26. The Morgan fingerprint density at radius 1 is 1.00 bits per heavy atom. The van der Waals surface area contributed by atoms with Gasteiger partial charge >= 0.3 is 0 Å². The predicted molar refractivity (Wildman–Crippen MR) is 97.0 cm³/mol. The molecular weight excluding hydrogens is 331 g/mol. The topological polar surface area (TPSA) is 37.9 Å². The van der Waals surface area contributed by atoms with E-state index in [1.54, 1.807) is 0 Å². The molecule has 0 amide bonds. The molecule has 0 saturated heterocycles. The highest BCUT2D eigenvalue weighted by atomic mass is 35.5. The molecular formula is C18H18Cl2N2O. The normalized spacial score (nSPS) is 10.3. The van der Waals surface area contributed by atoms with Crippen molar-refractivity contribution in [1.29, 1.82) is 0 Å². The van der Waals surface area contributed by atoms with E-state index in [2.05, 4.69) is 4.98 Å². The number of benzene rings is 2. The first-order valence-corrected chi connectivity index (χ1v) is 7.63. The molecule has 3 aromatic rings. The van der Waals surface area contributed by atoms with Gasteiger partial charge in [0.1, 0.15) is 5.82 Å². The zero-order valence-electron chi connectivity index (χ0n) is 12.8. The number of ether oxygens (including phenoxy) is 1. The van der Waals surface area contributed by atoms with Crippen molar-refractivity contribution in [2.75, 3.05) is 6.61 Å². The minimum atomic E-state index is 0. The lowest BCUT2D eigenvalue weighted by Gasteiger charge is -2.03. The van der Waals surface area contributed by atoms with Gasteiger partial charge in [0.25, 0.3) is 0 Å². The summed E-state index contributed by atoms with van der Waals surface area (Å²) in [5.74, 6) is 0.847. The van der Waals surface area contributed by atoms with Crippen LogP contribution in [0, 0.1) is 0 Å². The maximum absolute atomic E-state index is 5.97. The van der Waals surface area contributed by atoms with E-state index in [9.17, 15) is 0 Å². The van der Waals surface area contributed by atoms with Crippen molar-refractivity contribution >= 4 is 24.0 Å². The highest BCUT2D eigenvalue weighted by Gasteiger charge is 2.13. The Labute approximate surface area is 147 Å². The fraction of sp³-hybridized carbons (Fsp3) is 0.167. The second kappa shape index (κ2) is 8.16. The van der Waals surface area contributed by atoms with Gasteiger partial charge in [-0.15, -0.1) is 12.4 Å². The Morgan fingerprint density at radius 2 is 1.70 bits per heavy atom. The smallest absolute Gasteiger partial charge is 0.138 e. The van der Waals surface area contributed by atoms with Crippen molar-refractivity contribution in [1.82, 2.24) is 9.97 Å². The molecule has 120 valence electrons. The summed E-state index contributed by atoms with van der Waals surface area (Å²) in [7, 11) is 0. The second-order valence-corrected chi connectivity index (χ2v) is 5.35. The Kier molecular flexibility index (Phi) is 6.22. The number of aromatic nitrogens is 2. The van der Waals surface area contributed by atoms with Crippen LogP contribution in [0.2, 0.25) is 5.02 Å². The molecule has 5 heteroatoms. The molecule has 0 spiro atoms. The van der Waals surface area contributed by atoms with Crippen molar-refractivity contribution in [3.63, 3.8) is 0 Å². The summed E-state index contributed by atoms with van der Waals surface area (Å²) in [5.41, 5.74) is 3.99. The lowest BCUT2D eigenvalue weighted by atomic mass is 10.1. The third-order valence-corrected chi connectivity index (χ3v) is 3.65. The van der Waals surface area contributed by atoms with Crippen LogP contribution in [0.15, 0.2) is 54.6 Å². The molecule has 0 aliphatic rings. The average molecular weight is 349 g/mol. The van der Waals surface area contributed by atoms with Gasteiger partial charge in [0, 0.05) is 22.8 Å². The van der Waals surface area contributed by atoms with E-state index < -0.39 is 0 Å². The van der Waals surface area contributed by atoms with Crippen LogP contribution in [0.25, 0.3) is 22.6 Å². The number of hydrogen-bond acceptors (Lipinski definition) is 2. The standard InChI is InChI=1S/C18H17ClN2O.ClH/c1-2-22-12-16-17(13-8-10-15(19)11-9-13)21-18(20-16)14-6-4-3-5-7-14;/h3-11H,2,12H2,1H3,(H,20,21);1H. The zero-order valence-corrected chi connectivity index (χ0v) is 14.3. The van der Waals surface area contributed by atoms with Gasteiger partial charge in [0.15, 0.2) is 0 Å². The van der Waals surface area contributed by atoms with Gasteiger partial charge in [0.2, 0.25) is 0 Å². The minimum absolute atomic E-state index is 0. The lowest BCUT2D eigenvalue weighted by molar-refractivity contribution is 0.132. The van der Waals surface area contributed by atoms with Crippen LogP contribution < -0.4 is 0 Å². The van der Waals surface area contributed by atoms with Gasteiger partial charge in [-0.05, 0) is 19.1 Å². The van der Waals surface area contributed by atoms with Gasteiger partial charge < -0.3 is 9.72 Å². The molecule has 0 bridgehead atoms. The van der Waals surface area contributed by atoms with E-state index in [-0.39, 0.29) is 12.4 Å². The number of nitrogens with zero attached hydrogens (tertiary/aromatic N) is 1. The second-order valence-electron chi connectivity index (χ2n) is 4.92. The van der Waals surface area contributed by atoms with Crippen LogP contribution in [0.1, 0.15) is 12.6 Å². The molecule has 0 atom stereocenters. The SMILES string of the molecule is CCOCc1nc(-c2ccccc2)[nH]c1-c1ccc(Cl)cc1.Cl. The molecule has 0 aliphatic heterocycles. The summed E-state index contributed by atoms with van der Waals surface area (Å²) in [6, 6.07) is 17.8. The van der Waals surface area contributed by atoms with E-state index in [0.29, 0.717) is 13.2 Å². The van der Waals surface area contributed by atoms with Gasteiger partial charge in [-0.1, -0.05) is 54.1 Å². The number of rotatable bonds is 5. The summed E-state index contributed by atoms with van der Waals surface area (Å²) in [6.45, 7) is 3.12. The number of nitrogens with one attached hydrogen (secondary N) is 1. The molecule has 0 fully saturated rings. The largest absolute Gasteiger partial charge is 0.375 e. The van der Waals surface area contributed by atoms with Crippen LogP contribution >= 0.6 is 24.0 Å². The summed E-state index contributed by atoms with van der Waals surface area (Å²) < 4.78 is 5.55. The molecule has 1 N–H and O–H groups in total. The summed E-state index contributed by atoms with van der Waals surface area (Å²) in [4.78, 5) is 8.11. The Hall–Kier alpha value is -1.81. The van der Waals surface area contributed by atoms with Crippen LogP contribution in [0.3, 0.4) is 0 Å². The van der Waals surface area contributed by atoms with E-state index in [1.807, 2.05) is 61.5 Å². The van der Waals surface area contributed by atoms with E-state index in [4.69, 9.17) is 21.3 Å². The molecule has 0 radical (unpaired) electrons. The average Bonchev–Trinajstić information content (AvgIpc) is 2.98. The van der Waals surface area contributed by atoms with Gasteiger partial charge in [0.05, 0.1) is 18.0 Å². The molecule has 3 rings (SSSR count). The Bertz CT molecular complexity index is 739. The number of hydrogen-bond donors (Lipinski definition) is 1. The van der Waals surface area contributed by atoms with Crippen molar-refractivity contribution in [2.24, 2.45) is 0 Å². The maximum Gasteiger partial charge on any atom is 0.138 e. The summed E-state index contributed by atoms with van der Waals surface area (Å²) in [5, 5.41) is 0.720. The Morgan fingerprint density at radius 3 is 2.35 bits per heavy atom. The van der Waals surface area contributed by atoms with E-state index >= 15 is 0 Å². The van der Waals surface area contributed by atoms with E-state index in [0.717, 1.165) is 33.4 Å². The first-order chi connectivity index (χ1) is 10.8. The van der Waals surface area contributed by atoms with E-state index in [1.165, 1.54) is 0 Å². The molecule has 23 heavy (non-hydrogen) atoms. The number of H-pyrrole nitrogens is 1.